The summed E-state index contributed by atoms with van der Waals surface area (Å²) in [5.41, 5.74) is 2.53. The fourth-order valence-electron chi connectivity index (χ4n) is 2.02. The minimum Gasteiger partial charge on any atom is -0.385 e. The largest absolute Gasteiger partial charge is 0.385 e. The highest BCUT2D eigenvalue weighted by molar-refractivity contribution is 7.10. The molecule has 22 heavy (non-hydrogen) atoms. The van der Waals surface area contributed by atoms with Crippen molar-refractivity contribution >= 4 is 23.7 Å². The van der Waals surface area contributed by atoms with Crippen molar-refractivity contribution in [1.29, 1.82) is 0 Å². The minimum atomic E-state index is -0.526. The van der Waals surface area contributed by atoms with Crippen LogP contribution < -0.4 is 0 Å². The van der Waals surface area contributed by atoms with Crippen molar-refractivity contribution in [3.05, 3.63) is 57.8 Å². The fourth-order valence-corrected chi connectivity index (χ4v) is 2.90. The average molecular weight is 342 g/mol. The van der Waals surface area contributed by atoms with E-state index in [1.54, 1.807) is 11.3 Å². The van der Waals surface area contributed by atoms with Gasteiger partial charge < -0.3 is 14.7 Å². The Morgan fingerprint density at radius 3 is 2.59 bits per heavy atom. The Morgan fingerprint density at radius 1 is 1.18 bits per heavy atom. The highest BCUT2D eigenvalue weighted by atomic mass is 35.5. The van der Waals surface area contributed by atoms with E-state index in [1.807, 2.05) is 20.2 Å². The van der Waals surface area contributed by atoms with Crippen LogP contribution in [0.2, 0.25) is 0 Å². The molecular weight excluding hydrogens is 318 g/mol. The summed E-state index contributed by atoms with van der Waals surface area (Å²) in [4.78, 5) is 3.04. The van der Waals surface area contributed by atoms with Crippen LogP contribution in [0, 0.1) is 0 Å². The first-order valence-electron chi connectivity index (χ1n) is 7.17. The number of nitrogens with zero attached hydrogens (tertiary/aromatic N) is 1. The second-order valence-electron chi connectivity index (χ2n) is 5.41. The van der Waals surface area contributed by atoms with Crippen molar-refractivity contribution in [2.75, 3.05) is 33.9 Å². The van der Waals surface area contributed by atoms with Gasteiger partial charge in [0.15, 0.2) is 0 Å². The van der Waals surface area contributed by atoms with Crippen molar-refractivity contribution in [3.63, 3.8) is 0 Å². The van der Waals surface area contributed by atoms with Gasteiger partial charge in [-0.3, -0.25) is 0 Å². The summed E-state index contributed by atoms with van der Waals surface area (Å²) in [5, 5.41) is 12.3. The van der Waals surface area contributed by atoms with Gasteiger partial charge in [-0.15, -0.1) is 23.7 Å². The molecule has 0 radical (unpaired) electrons. The van der Waals surface area contributed by atoms with Crippen LogP contribution in [-0.2, 0) is 11.2 Å². The summed E-state index contributed by atoms with van der Waals surface area (Å²) in [6, 6.07) is 12.5. The summed E-state index contributed by atoms with van der Waals surface area (Å²) in [6.45, 7) is 1.88. The first-order chi connectivity index (χ1) is 10.1. The van der Waals surface area contributed by atoms with Crippen molar-refractivity contribution < 1.29 is 9.84 Å². The summed E-state index contributed by atoms with van der Waals surface area (Å²) in [5.74, 6) is 0. The highest BCUT2D eigenvalue weighted by Gasteiger charge is 2.11. The predicted molar refractivity (Wildman–Crippen MR) is 95.1 cm³/mol. The van der Waals surface area contributed by atoms with E-state index < -0.39 is 6.10 Å². The summed E-state index contributed by atoms with van der Waals surface area (Å²) in [7, 11) is 4.02. The van der Waals surface area contributed by atoms with Gasteiger partial charge in [-0.1, -0.05) is 30.3 Å². The fraction of sp³-hybridized carbons (Fsp3) is 0.412. The number of rotatable bonds is 8. The van der Waals surface area contributed by atoms with Crippen molar-refractivity contribution in [2.24, 2.45) is 0 Å². The molecule has 0 spiro atoms. The van der Waals surface area contributed by atoms with Crippen LogP contribution >= 0.6 is 23.7 Å². The lowest BCUT2D eigenvalue weighted by Gasteiger charge is -2.12. The van der Waals surface area contributed by atoms with E-state index in [4.69, 9.17) is 4.74 Å². The molecule has 0 saturated heterocycles. The monoisotopic (exact) mass is 341 g/mol. The van der Waals surface area contributed by atoms with E-state index in [9.17, 15) is 5.11 Å². The first-order valence-corrected chi connectivity index (χ1v) is 8.05. The maximum absolute atomic E-state index is 10.1. The highest BCUT2D eigenvalue weighted by Crippen LogP contribution is 2.24. The zero-order valence-corrected chi connectivity index (χ0v) is 14.7. The van der Waals surface area contributed by atoms with Gasteiger partial charge in [0.05, 0.1) is 13.2 Å². The van der Waals surface area contributed by atoms with E-state index >= 15 is 0 Å². The molecule has 0 saturated carbocycles. The topological polar surface area (TPSA) is 32.7 Å². The second kappa shape index (κ2) is 9.98. The van der Waals surface area contributed by atoms with E-state index in [1.165, 1.54) is 11.1 Å². The number of aliphatic hydroxyl groups is 1. The molecule has 122 valence electrons. The van der Waals surface area contributed by atoms with Crippen LogP contribution in [0.4, 0.5) is 0 Å². The van der Waals surface area contributed by atoms with Gasteiger partial charge in [0, 0.05) is 11.4 Å². The summed E-state index contributed by atoms with van der Waals surface area (Å²) in [6.07, 6.45) is 0.382. The van der Waals surface area contributed by atoms with Crippen LogP contribution in [0.25, 0.3) is 0 Å². The van der Waals surface area contributed by atoms with Gasteiger partial charge in [-0.2, -0.15) is 0 Å². The number of halogens is 1. The number of thiophene rings is 1. The smallest absolute Gasteiger partial charge is 0.111 e. The lowest BCUT2D eigenvalue weighted by molar-refractivity contribution is 0.0323. The molecule has 0 aliphatic carbocycles. The van der Waals surface area contributed by atoms with Crippen LogP contribution in [0.3, 0.4) is 0 Å². The van der Waals surface area contributed by atoms with Gasteiger partial charge in [0.25, 0.3) is 0 Å². The molecule has 0 aliphatic rings. The molecule has 1 atom stereocenters. The molecule has 0 fully saturated rings. The first kappa shape index (κ1) is 19.1. The quantitative estimate of drug-likeness (QED) is 0.747. The Labute approximate surface area is 143 Å². The second-order valence-corrected chi connectivity index (χ2v) is 6.36. The Kier molecular flexibility index (Phi) is 8.68. The minimum absolute atomic E-state index is 0. The van der Waals surface area contributed by atoms with Gasteiger partial charge >= 0.3 is 0 Å². The molecule has 5 heteroatoms. The zero-order valence-electron chi connectivity index (χ0n) is 13.1. The van der Waals surface area contributed by atoms with Crippen molar-refractivity contribution in [1.82, 2.24) is 4.90 Å². The molecule has 1 N–H and O–H groups in total. The maximum atomic E-state index is 10.1. The predicted octanol–water partition coefficient (Wildman–Crippen LogP) is 3.37. The molecule has 1 unspecified atom stereocenters. The van der Waals surface area contributed by atoms with Crippen molar-refractivity contribution in [3.8, 4) is 0 Å². The third kappa shape index (κ3) is 6.46. The molecule has 2 rings (SSSR count). The number of aliphatic hydroxyl groups excluding tert-OH is 1. The SMILES string of the molecule is CN(C)CCOCC(O)c1cc(Cc2ccccc2)cs1.Cl. The lowest BCUT2D eigenvalue weighted by atomic mass is 10.1. The lowest BCUT2D eigenvalue weighted by Crippen LogP contribution is -2.19. The van der Waals surface area contributed by atoms with Crippen LogP contribution in [0.5, 0.6) is 0 Å². The van der Waals surface area contributed by atoms with Crippen LogP contribution in [0.1, 0.15) is 22.1 Å². The number of benzene rings is 1. The van der Waals surface area contributed by atoms with Crippen LogP contribution in [0.15, 0.2) is 41.8 Å². The molecule has 1 heterocycles. The third-order valence-electron chi connectivity index (χ3n) is 3.21. The number of hydrogen-bond donors (Lipinski definition) is 1. The Bertz CT molecular complexity index is 530. The third-order valence-corrected chi connectivity index (χ3v) is 4.29. The maximum Gasteiger partial charge on any atom is 0.111 e. The van der Waals surface area contributed by atoms with Gasteiger partial charge in [-0.25, -0.2) is 0 Å². The average Bonchev–Trinajstić information content (AvgIpc) is 2.93. The Balaban J connectivity index is 0.00000242. The van der Waals surface area contributed by atoms with Gasteiger partial charge in [-0.05, 0) is 43.1 Å². The molecule has 1 aromatic carbocycles. The normalized spacial score (nSPS) is 12.2. The number of hydrogen-bond acceptors (Lipinski definition) is 4. The van der Waals surface area contributed by atoms with Gasteiger partial charge in [0.1, 0.15) is 6.10 Å². The molecule has 2 aromatic rings. The molecule has 0 aliphatic heterocycles. The van der Waals surface area contributed by atoms with E-state index in [-0.39, 0.29) is 12.4 Å². The molecule has 1 aromatic heterocycles. The molecule has 0 amide bonds. The van der Waals surface area contributed by atoms with E-state index in [0.717, 1.165) is 17.8 Å². The van der Waals surface area contributed by atoms with Crippen LogP contribution in [-0.4, -0.2) is 43.9 Å². The number of ether oxygens (including phenoxy) is 1. The summed E-state index contributed by atoms with van der Waals surface area (Å²) < 4.78 is 5.50. The van der Waals surface area contributed by atoms with E-state index in [0.29, 0.717) is 13.2 Å². The Morgan fingerprint density at radius 2 is 1.91 bits per heavy atom. The number of likely N-dealkylation sites (N-methyl/N-ethyl adjacent to an activating group) is 1. The summed E-state index contributed by atoms with van der Waals surface area (Å²) >= 11 is 1.60. The standard InChI is InChI=1S/C17H23NO2S.ClH/c1-18(2)8-9-20-12-16(19)17-11-15(13-21-17)10-14-6-4-3-5-7-14;/h3-7,11,13,16,19H,8-10,12H2,1-2H3;1H. The zero-order chi connectivity index (χ0) is 15.1. The molecule has 3 nitrogen and oxygen atoms in total. The van der Waals surface area contributed by atoms with Gasteiger partial charge in [0.2, 0.25) is 0 Å². The molecular formula is C17H24ClNO2S. The van der Waals surface area contributed by atoms with Crippen molar-refractivity contribution in [2.45, 2.75) is 12.5 Å². The Hall–Kier alpha value is -0.910. The van der Waals surface area contributed by atoms with E-state index in [2.05, 4.69) is 40.6 Å². The molecule has 0 bridgehead atoms.